The number of ether oxygens (including phenoxy) is 1. The van der Waals surface area contributed by atoms with Crippen LogP contribution in [0, 0.1) is 11.6 Å². The number of halogens is 4. The van der Waals surface area contributed by atoms with E-state index in [9.17, 15) is 13.6 Å². The van der Waals surface area contributed by atoms with Gasteiger partial charge in [-0.25, -0.2) is 13.8 Å². The van der Waals surface area contributed by atoms with Crippen LogP contribution in [0.2, 0.25) is 0 Å². The molecule has 3 aromatic carbocycles. The first-order valence-corrected chi connectivity index (χ1v) is 11.7. The number of carbonyl (C=O) groups is 1. The zero-order chi connectivity index (χ0) is 22.7. The average Bonchev–Trinajstić information content (AvgIpc) is 3.08. The Morgan fingerprint density at radius 3 is 2.41 bits per heavy atom. The van der Waals surface area contributed by atoms with Gasteiger partial charge in [-0.1, -0.05) is 12.1 Å². The van der Waals surface area contributed by atoms with Crippen molar-refractivity contribution in [3.63, 3.8) is 0 Å². The van der Waals surface area contributed by atoms with Crippen LogP contribution in [0.25, 0.3) is 6.08 Å². The van der Waals surface area contributed by atoms with Gasteiger partial charge in [-0.05, 0) is 109 Å². The van der Waals surface area contributed by atoms with E-state index in [1.54, 1.807) is 18.2 Å². The first-order valence-electron chi connectivity index (χ1n) is 9.29. The molecule has 0 atom stereocenters. The van der Waals surface area contributed by atoms with Gasteiger partial charge in [0, 0.05) is 0 Å². The minimum atomic E-state index is -0.350. The summed E-state index contributed by atoms with van der Waals surface area (Å²) in [5.74, 6) is -0.369. The Balaban J connectivity index is 1.50. The van der Waals surface area contributed by atoms with Gasteiger partial charge >= 0.3 is 0 Å². The SMILES string of the molecule is O=C1NC(=Nc2ccc(F)cc2)S/C1=C/c1cc(Br)c(OCc2cccc(F)c2)c(Br)c1. The second-order valence-corrected chi connectivity index (χ2v) is 9.43. The van der Waals surface area contributed by atoms with E-state index in [0.29, 0.717) is 36.0 Å². The molecule has 4 nitrogen and oxygen atoms in total. The minimum Gasteiger partial charge on any atom is -0.487 e. The zero-order valence-electron chi connectivity index (χ0n) is 16.2. The van der Waals surface area contributed by atoms with Crippen LogP contribution in [0.3, 0.4) is 0 Å². The van der Waals surface area contributed by atoms with Gasteiger partial charge < -0.3 is 10.1 Å². The second kappa shape index (κ2) is 9.97. The lowest BCUT2D eigenvalue weighted by Crippen LogP contribution is -2.19. The molecule has 0 aliphatic carbocycles. The van der Waals surface area contributed by atoms with Crippen molar-refractivity contribution in [2.24, 2.45) is 4.99 Å². The van der Waals surface area contributed by atoms with Crippen LogP contribution >= 0.6 is 43.6 Å². The Morgan fingerprint density at radius 2 is 1.72 bits per heavy atom. The smallest absolute Gasteiger partial charge is 0.264 e. The highest BCUT2D eigenvalue weighted by molar-refractivity contribution is 9.11. The molecule has 0 bridgehead atoms. The number of rotatable bonds is 5. The summed E-state index contributed by atoms with van der Waals surface area (Å²) in [5, 5.41) is 3.12. The molecule has 1 aliphatic rings. The van der Waals surface area contributed by atoms with Gasteiger partial charge in [0.05, 0.1) is 19.5 Å². The van der Waals surface area contributed by atoms with Gasteiger partial charge in [0.25, 0.3) is 5.91 Å². The number of amidine groups is 1. The summed E-state index contributed by atoms with van der Waals surface area (Å²) in [6.07, 6.45) is 1.74. The molecule has 1 heterocycles. The molecule has 0 radical (unpaired) electrons. The van der Waals surface area contributed by atoms with Gasteiger partial charge in [0.1, 0.15) is 24.0 Å². The van der Waals surface area contributed by atoms with E-state index >= 15 is 0 Å². The Hall–Kier alpha value is -2.49. The lowest BCUT2D eigenvalue weighted by molar-refractivity contribution is -0.115. The Bertz CT molecular complexity index is 1220. The summed E-state index contributed by atoms with van der Waals surface area (Å²) < 4.78 is 33.6. The Labute approximate surface area is 204 Å². The molecule has 4 rings (SSSR count). The van der Waals surface area contributed by atoms with Crippen molar-refractivity contribution in [1.82, 2.24) is 5.32 Å². The molecule has 0 spiro atoms. The molecule has 162 valence electrons. The predicted octanol–water partition coefficient (Wildman–Crippen LogP) is 6.96. The van der Waals surface area contributed by atoms with E-state index < -0.39 is 0 Å². The monoisotopic (exact) mass is 578 g/mol. The third-order valence-corrected chi connectivity index (χ3v) is 6.39. The predicted molar refractivity (Wildman–Crippen MR) is 130 cm³/mol. The van der Waals surface area contributed by atoms with Gasteiger partial charge in [-0.2, -0.15) is 0 Å². The number of aliphatic imine (C=N–C) groups is 1. The number of thioether (sulfide) groups is 1. The number of hydrogen-bond donors (Lipinski definition) is 1. The molecule has 0 unspecified atom stereocenters. The van der Waals surface area contributed by atoms with E-state index in [2.05, 4.69) is 42.2 Å². The molecule has 1 amide bonds. The molecule has 32 heavy (non-hydrogen) atoms. The number of nitrogens with zero attached hydrogens (tertiary/aromatic N) is 1. The highest BCUT2D eigenvalue weighted by Crippen LogP contribution is 2.37. The number of carbonyl (C=O) groups excluding carboxylic acids is 1. The van der Waals surface area contributed by atoms with Crippen molar-refractivity contribution in [2.45, 2.75) is 6.61 Å². The highest BCUT2D eigenvalue weighted by atomic mass is 79.9. The van der Waals surface area contributed by atoms with E-state index in [-0.39, 0.29) is 24.1 Å². The molecular formula is C23H14Br2F2N2O2S. The summed E-state index contributed by atoms with van der Waals surface area (Å²) in [5.41, 5.74) is 2.02. The number of amides is 1. The quantitative estimate of drug-likeness (QED) is 0.332. The van der Waals surface area contributed by atoms with E-state index in [0.717, 1.165) is 5.56 Å². The number of hydrogen-bond acceptors (Lipinski definition) is 4. The molecule has 1 fully saturated rings. The first-order chi connectivity index (χ1) is 15.4. The maximum Gasteiger partial charge on any atom is 0.264 e. The Kier molecular flexibility index (Phi) is 7.07. The van der Waals surface area contributed by atoms with Crippen molar-refractivity contribution >= 4 is 66.5 Å². The Morgan fingerprint density at radius 1 is 1.00 bits per heavy atom. The maximum atomic E-state index is 13.4. The molecule has 3 aromatic rings. The fourth-order valence-corrected chi connectivity index (χ4v) is 5.14. The van der Waals surface area contributed by atoms with Gasteiger partial charge in [0.2, 0.25) is 0 Å². The topological polar surface area (TPSA) is 50.7 Å². The van der Waals surface area contributed by atoms with Gasteiger partial charge in [-0.3, -0.25) is 4.79 Å². The van der Waals surface area contributed by atoms with Crippen LogP contribution in [0.4, 0.5) is 14.5 Å². The van der Waals surface area contributed by atoms with Crippen molar-refractivity contribution in [3.05, 3.63) is 97.3 Å². The third kappa shape index (κ3) is 5.65. The molecule has 9 heteroatoms. The molecule has 1 saturated heterocycles. The summed E-state index contributed by atoms with van der Waals surface area (Å²) in [7, 11) is 0. The van der Waals surface area contributed by atoms with Crippen molar-refractivity contribution in [2.75, 3.05) is 0 Å². The number of benzene rings is 3. The lowest BCUT2D eigenvalue weighted by atomic mass is 10.2. The van der Waals surface area contributed by atoms with Crippen molar-refractivity contribution in [1.29, 1.82) is 0 Å². The largest absolute Gasteiger partial charge is 0.487 e. The van der Waals surface area contributed by atoms with Crippen LogP contribution in [0.1, 0.15) is 11.1 Å². The molecule has 1 aliphatic heterocycles. The molecule has 0 saturated carbocycles. The van der Waals surface area contributed by atoms with Crippen LogP contribution in [0.15, 0.2) is 79.5 Å². The molecular weight excluding hydrogens is 566 g/mol. The fraction of sp³-hybridized carbons (Fsp3) is 0.0435. The van der Waals surface area contributed by atoms with E-state index in [1.165, 1.54) is 48.2 Å². The van der Waals surface area contributed by atoms with E-state index in [1.807, 2.05) is 12.1 Å². The summed E-state index contributed by atoms with van der Waals surface area (Å²) in [6.45, 7) is 0.205. The highest BCUT2D eigenvalue weighted by Gasteiger charge is 2.24. The zero-order valence-corrected chi connectivity index (χ0v) is 20.2. The van der Waals surface area contributed by atoms with Gasteiger partial charge in [-0.15, -0.1) is 0 Å². The maximum absolute atomic E-state index is 13.4. The van der Waals surface area contributed by atoms with Crippen LogP contribution in [-0.2, 0) is 11.4 Å². The van der Waals surface area contributed by atoms with Crippen molar-refractivity contribution < 1.29 is 18.3 Å². The lowest BCUT2D eigenvalue weighted by Gasteiger charge is -2.11. The fourth-order valence-electron chi connectivity index (χ4n) is 2.85. The standard InChI is InChI=1S/C23H14Br2F2N2O2S/c24-18-9-14(10-19(25)21(18)31-12-13-2-1-3-16(27)8-13)11-20-22(30)29-23(32-20)28-17-6-4-15(26)5-7-17/h1-11H,12H2,(H,28,29,30)/b20-11+. The van der Waals surface area contributed by atoms with Crippen molar-refractivity contribution in [3.8, 4) is 5.75 Å². The first kappa shape index (κ1) is 22.7. The normalized spacial score (nSPS) is 15.9. The van der Waals surface area contributed by atoms with Gasteiger partial charge in [0.15, 0.2) is 5.17 Å². The molecule has 1 N–H and O–H groups in total. The summed E-state index contributed by atoms with van der Waals surface area (Å²) in [6, 6.07) is 15.5. The second-order valence-electron chi connectivity index (χ2n) is 6.69. The number of nitrogens with one attached hydrogen (secondary N) is 1. The van der Waals surface area contributed by atoms with E-state index in [4.69, 9.17) is 4.74 Å². The van der Waals surface area contributed by atoms with Crippen LogP contribution in [0.5, 0.6) is 5.75 Å². The van der Waals surface area contributed by atoms with Crippen LogP contribution in [-0.4, -0.2) is 11.1 Å². The minimum absolute atomic E-state index is 0.205. The summed E-state index contributed by atoms with van der Waals surface area (Å²) >= 11 is 8.18. The average molecular weight is 580 g/mol. The van der Waals surface area contributed by atoms with Crippen LogP contribution < -0.4 is 10.1 Å². The summed E-state index contributed by atoms with van der Waals surface area (Å²) in [4.78, 5) is 17.1. The molecule has 0 aromatic heterocycles. The third-order valence-electron chi connectivity index (χ3n) is 4.30.